The fourth-order valence-corrected chi connectivity index (χ4v) is 11.2. The van der Waals surface area contributed by atoms with Gasteiger partial charge in [-0.05, 0) is 76.9 Å². The van der Waals surface area contributed by atoms with Crippen LogP contribution in [0.25, 0.3) is 0 Å². The van der Waals surface area contributed by atoms with Crippen LogP contribution in [0, 0.1) is 5.92 Å². The third-order valence-corrected chi connectivity index (χ3v) is 14.2. The molecule has 1 unspecified atom stereocenters. The van der Waals surface area contributed by atoms with Crippen molar-refractivity contribution in [1.29, 1.82) is 0 Å². The first-order valence-corrected chi connectivity index (χ1v) is 22.8. The summed E-state index contributed by atoms with van der Waals surface area (Å²) in [5.41, 5.74) is 2.74. The second-order valence-corrected chi connectivity index (χ2v) is 20.3. The van der Waals surface area contributed by atoms with Gasteiger partial charge in [0.15, 0.2) is 18.0 Å². The lowest BCUT2D eigenvalue weighted by molar-refractivity contribution is -0.274. The molecule has 10 atom stereocenters. The van der Waals surface area contributed by atoms with Crippen LogP contribution in [0.4, 0.5) is 15.5 Å². The molecule has 14 nitrogen and oxygen atoms in total. The Labute approximate surface area is 339 Å². The summed E-state index contributed by atoms with van der Waals surface area (Å²) in [7, 11) is -3.54. The molecule has 16 heteroatoms. The number of benzene rings is 2. The Balaban J connectivity index is 1.32. The van der Waals surface area contributed by atoms with Gasteiger partial charge in [-0.15, -0.1) is 5.10 Å². The number of amides is 2. The number of allylic oxidation sites excluding steroid dienone is 3. The van der Waals surface area contributed by atoms with Crippen molar-refractivity contribution >= 4 is 31.6 Å². The van der Waals surface area contributed by atoms with Crippen LogP contribution in [0.15, 0.2) is 78.0 Å². The zero-order valence-corrected chi connectivity index (χ0v) is 34.8. The highest BCUT2D eigenvalue weighted by Crippen LogP contribution is 2.60. The molecule has 6 rings (SSSR count). The predicted octanol–water partition coefficient (Wildman–Crippen LogP) is 4.05. The fraction of sp³-hybridized carbons (Fsp3) is 0.524. The first kappa shape index (κ1) is 43.4. The number of ether oxygens (including phenoxy) is 2. The molecule has 1 aromatic heterocycles. The van der Waals surface area contributed by atoms with E-state index in [0.29, 0.717) is 29.9 Å². The van der Waals surface area contributed by atoms with E-state index in [2.05, 4.69) is 21.7 Å². The number of anilines is 2. The van der Waals surface area contributed by atoms with E-state index in [9.17, 15) is 35.1 Å². The molecule has 3 aromatic rings. The number of nitrogens with zero attached hydrogens (tertiary/aromatic N) is 4. The molecular weight excluding hydrogens is 766 g/mol. The molecule has 2 saturated heterocycles. The highest BCUT2D eigenvalue weighted by molar-refractivity contribution is 6.72. The third kappa shape index (κ3) is 8.61. The van der Waals surface area contributed by atoms with Crippen molar-refractivity contribution < 1.29 is 48.7 Å². The van der Waals surface area contributed by atoms with Crippen LogP contribution in [0.2, 0.25) is 18.6 Å². The molecular formula is C42H56FN5O9Si. The van der Waals surface area contributed by atoms with Crippen molar-refractivity contribution in [2.24, 2.45) is 5.92 Å². The minimum atomic E-state index is -3.54. The van der Waals surface area contributed by atoms with Crippen molar-refractivity contribution in [3.63, 3.8) is 0 Å². The molecule has 0 aliphatic carbocycles. The zero-order valence-electron chi connectivity index (χ0n) is 33.8. The number of aliphatic hydroxyl groups excluding tert-OH is 5. The van der Waals surface area contributed by atoms with E-state index in [0.717, 1.165) is 24.0 Å². The maximum Gasteiger partial charge on any atom is 0.264 e. The van der Waals surface area contributed by atoms with Gasteiger partial charge in [0.2, 0.25) is 8.41 Å². The number of halogens is 1. The highest BCUT2D eigenvalue weighted by atomic mass is 28.4. The summed E-state index contributed by atoms with van der Waals surface area (Å²) < 4.78 is 30.3. The summed E-state index contributed by atoms with van der Waals surface area (Å²) in [4.78, 5) is 30.0. The average Bonchev–Trinajstić information content (AvgIpc) is 3.83. The lowest BCUT2D eigenvalue weighted by atomic mass is 9.82. The number of hydrogen-bond acceptors (Lipinski definition) is 11. The van der Waals surface area contributed by atoms with E-state index < -0.39 is 68.2 Å². The average molecular weight is 822 g/mol. The van der Waals surface area contributed by atoms with Crippen LogP contribution in [0.1, 0.15) is 69.7 Å². The maximum absolute atomic E-state index is 16.6. The van der Waals surface area contributed by atoms with E-state index in [1.807, 2.05) is 64.1 Å². The second kappa shape index (κ2) is 17.6. The third-order valence-electron chi connectivity index (χ3n) is 11.7. The lowest BCUT2D eigenvalue weighted by Crippen LogP contribution is -2.60. The van der Waals surface area contributed by atoms with Gasteiger partial charge in [0, 0.05) is 42.0 Å². The summed E-state index contributed by atoms with van der Waals surface area (Å²) in [6.45, 7) is 11.6. The summed E-state index contributed by atoms with van der Waals surface area (Å²) in [6, 6.07) is 14.4. The van der Waals surface area contributed by atoms with Crippen molar-refractivity contribution in [3.8, 4) is 0 Å². The monoisotopic (exact) mass is 821 g/mol. The molecule has 1 spiro atoms. The van der Waals surface area contributed by atoms with Crippen LogP contribution in [-0.4, -0.2) is 111 Å². The molecule has 2 aromatic carbocycles. The summed E-state index contributed by atoms with van der Waals surface area (Å²) in [6.07, 6.45) is -1.94. The van der Waals surface area contributed by atoms with Gasteiger partial charge < -0.3 is 49.3 Å². The van der Waals surface area contributed by atoms with Crippen LogP contribution >= 0.6 is 0 Å². The van der Waals surface area contributed by atoms with Gasteiger partial charge in [-0.1, -0.05) is 65.8 Å². The molecule has 0 bridgehead atoms. The van der Waals surface area contributed by atoms with Crippen molar-refractivity contribution in [2.45, 2.75) is 120 Å². The molecule has 3 aliphatic heterocycles. The largest absolute Gasteiger partial charge is 0.395 e. The number of aliphatic hydroxyl groups is 5. The zero-order chi connectivity index (χ0) is 42.1. The van der Waals surface area contributed by atoms with E-state index in [-0.39, 0.29) is 30.7 Å². The van der Waals surface area contributed by atoms with Crippen LogP contribution in [0.3, 0.4) is 0 Å². The second-order valence-electron chi connectivity index (χ2n) is 16.5. The standard InChI is InChI=1S/C42H56FN5O9Si/c1-24(2)11-10-12-25(3)17-20-48-32-16-15-28(44-39(53)37-35(51)34(50)36(52)40(54)56-37)21-30(32)42(41(48)55)26(4)38(58(5,6)43)33(57-42)18-19-47-22-31(45-46-47)29(23-49)27-13-8-7-9-14-27/h7-9,11,13-17,21-22,26,29,33-38,40,49-52,54H,10,12,18-20,23H2,1-6H3,(H,44,53)/b25-17+/t26-,29?,33+,34-,35-,36+,37-,38-,40+,42+/m0/s1. The van der Waals surface area contributed by atoms with Gasteiger partial charge in [-0.25, -0.2) is 0 Å². The van der Waals surface area contributed by atoms with Gasteiger partial charge in [0.1, 0.15) is 18.3 Å². The summed E-state index contributed by atoms with van der Waals surface area (Å²) >= 11 is 0. The molecule has 0 saturated carbocycles. The number of aryl methyl sites for hydroxylation is 1. The molecule has 3 aliphatic rings. The Hall–Kier alpha value is -4.13. The van der Waals surface area contributed by atoms with Crippen LogP contribution in [0.5, 0.6) is 0 Å². The van der Waals surface area contributed by atoms with Gasteiger partial charge in [-0.3, -0.25) is 14.3 Å². The lowest BCUT2D eigenvalue weighted by Gasteiger charge is -2.37. The van der Waals surface area contributed by atoms with Gasteiger partial charge in [0.25, 0.3) is 11.8 Å². The van der Waals surface area contributed by atoms with Crippen molar-refractivity contribution in [3.05, 3.63) is 94.8 Å². The van der Waals surface area contributed by atoms with Crippen molar-refractivity contribution in [2.75, 3.05) is 23.4 Å². The molecule has 0 radical (unpaired) electrons. The summed E-state index contributed by atoms with van der Waals surface area (Å²) in [5, 5.41) is 62.2. The van der Waals surface area contributed by atoms with E-state index in [1.54, 1.807) is 47.1 Å². The van der Waals surface area contributed by atoms with Crippen LogP contribution < -0.4 is 10.2 Å². The first-order valence-electron chi connectivity index (χ1n) is 19.8. The number of carbonyl (C=O) groups is 2. The Morgan fingerprint density at radius 2 is 1.78 bits per heavy atom. The van der Waals surface area contributed by atoms with E-state index in [4.69, 9.17) is 9.47 Å². The Morgan fingerprint density at radius 3 is 2.45 bits per heavy atom. The number of rotatable bonds is 14. The quantitative estimate of drug-likeness (QED) is 0.0780. The van der Waals surface area contributed by atoms with E-state index in [1.165, 1.54) is 5.57 Å². The smallest absolute Gasteiger partial charge is 0.264 e. The minimum Gasteiger partial charge on any atom is -0.395 e. The van der Waals surface area contributed by atoms with Gasteiger partial charge in [-0.2, -0.15) is 0 Å². The minimum absolute atomic E-state index is 0.163. The number of hydrogen-bond donors (Lipinski definition) is 6. The fourth-order valence-electron chi connectivity index (χ4n) is 8.70. The molecule has 2 fully saturated rings. The Kier molecular flexibility index (Phi) is 13.2. The molecule has 2 amide bonds. The number of carbonyl (C=O) groups excluding carboxylic acids is 2. The van der Waals surface area contributed by atoms with Crippen LogP contribution in [-0.2, 0) is 31.2 Å². The van der Waals surface area contributed by atoms with Crippen molar-refractivity contribution in [1.82, 2.24) is 15.0 Å². The number of fused-ring (bicyclic) bond motifs is 2. The highest BCUT2D eigenvalue weighted by Gasteiger charge is 2.66. The van der Waals surface area contributed by atoms with E-state index >= 15 is 4.11 Å². The SMILES string of the molecule is CC(C)=CCC/C(C)=C/CN1C(=O)[C@]2(O[C@H](CCn3cc(C(CO)c4ccccc4)nn3)[C@@H]([Si](C)(C)F)[C@@H]2C)c2cc(NC(=O)[C@H]3O[C@@H](O)[C@H](O)[C@@H](O)[C@@H]3O)ccc21. The molecule has 4 heterocycles. The Morgan fingerprint density at radius 1 is 1.05 bits per heavy atom. The topological polar surface area (TPSA) is 200 Å². The first-order chi connectivity index (χ1) is 27.5. The predicted molar refractivity (Wildman–Crippen MR) is 217 cm³/mol. The Bertz CT molecular complexity index is 2000. The maximum atomic E-state index is 16.6. The number of nitrogens with one attached hydrogen (secondary N) is 1. The number of aromatic nitrogens is 3. The molecule has 6 N–H and O–H groups in total. The molecule has 314 valence electrons. The van der Waals surface area contributed by atoms with Gasteiger partial charge in [0.05, 0.1) is 30.0 Å². The van der Waals surface area contributed by atoms with Gasteiger partial charge >= 0.3 is 0 Å². The molecule has 58 heavy (non-hydrogen) atoms. The summed E-state index contributed by atoms with van der Waals surface area (Å²) in [5.74, 6) is -2.26. The normalized spacial score (nSPS) is 29.1.